The summed E-state index contributed by atoms with van der Waals surface area (Å²) in [6.45, 7) is 4.44. The van der Waals surface area contributed by atoms with Crippen LogP contribution in [0.2, 0.25) is 0 Å². The van der Waals surface area contributed by atoms with Crippen LogP contribution in [0.25, 0.3) is 16.7 Å². The Hall–Kier alpha value is -5.10. The normalized spacial score (nSPS) is 11.6. The van der Waals surface area contributed by atoms with Crippen molar-refractivity contribution in [3.8, 4) is 5.69 Å². The van der Waals surface area contributed by atoms with Gasteiger partial charge in [0, 0.05) is 35.4 Å². The Bertz CT molecular complexity index is 1920. The Labute approximate surface area is 251 Å². The molecule has 3 aromatic carbocycles. The number of hydrogen-bond acceptors (Lipinski definition) is 7. The number of aromatic nitrogens is 4. The largest absolute Gasteiger partial charge is 0.416 e. The van der Waals surface area contributed by atoms with Crippen LogP contribution in [0.4, 0.5) is 30.5 Å². The van der Waals surface area contributed by atoms with Crippen molar-refractivity contribution in [3.63, 3.8) is 0 Å². The number of rotatable bonds is 8. The van der Waals surface area contributed by atoms with E-state index in [0.29, 0.717) is 34.0 Å². The maximum Gasteiger partial charge on any atom is 0.416 e. The van der Waals surface area contributed by atoms with Gasteiger partial charge in [-0.2, -0.15) is 23.1 Å². The third-order valence-electron chi connectivity index (χ3n) is 7.08. The first-order valence-electron chi connectivity index (χ1n) is 13.8. The first-order chi connectivity index (χ1) is 20.9. The summed E-state index contributed by atoms with van der Waals surface area (Å²) in [5.74, 6) is -0.426. The molecule has 0 aliphatic rings. The summed E-state index contributed by atoms with van der Waals surface area (Å²) in [6, 6.07) is 17.0. The Kier molecular flexibility index (Phi) is 8.45. The Balaban J connectivity index is 1.42. The molecule has 12 heteroatoms. The van der Waals surface area contributed by atoms with Gasteiger partial charge in [0.15, 0.2) is 5.65 Å². The van der Waals surface area contributed by atoms with E-state index in [-0.39, 0.29) is 11.2 Å². The second-order valence-electron chi connectivity index (χ2n) is 10.7. The molecule has 0 spiro atoms. The number of aryl methyl sites for hydroxylation is 2. The molecule has 44 heavy (non-hydrogen) atoms. The van der Waals surface area contributed by atoms with Crippen LogP contribution in [0.5, 0.6) is 0 Å². The fourth-order valence-corrected chi connectivity index (χ4v) is 4.72. The number of fused-ring (bicyclic) bond motifs is 1. The topological polar surface area (TPSA) is 105 Å². The molecular weight excluding hydrogens is 571 g/mol. The molecule has 9 nitrogen and oxygen atoms in total. The molecule has 0 aliphatic heterocycles. The van der Waals surface area contributed by atoms with Crippen molar-refractivity contribution in [1.82, 2.24) is 24.4 Å². The lowest BCUT2D eigenvalue weighted by Crippen LogP contribution is -2.25. The van der Waals surface area contributed by atoms with E-state index in [1.807, 2.05) is 32.3 Å². The summed E-state index contributed by atoms with van der Waals surface area (Å²) >= 11 is 0. The second kappa shape index (κ2) is 12.3. The van der Waals surface area contributed by atoms with Gasteiger partial charge in [0.1, 0.15) is 0 Å². The number of hydrogen-bond donors (Lipinski definition) is 2. The molecule has 0 saturated heterocycles. The van der Waals surface area contributed by atoms with Crippen LogP contribution in [-0.2, 0) is 12.6 Å². The number of nitrogens with one attached hydrogen (secondary N) is 2. The maximum absolute atomic E-state index is 13.3. The van der Waals surface area contributed by atoms with E-state index in [4.69, 9.17) is 0 Å². The van der Waals surface area contributed by atoms with Crippen LogP contribution in [0, 0.1) is 13.8 Å². The van der Waals surface area contributed by atoms with Crippen molar-refractivity contribution in [2.24, 2.45) is 0 Å². The highest BCUT2D eigenvalue weighted by molar-refractivity contribution is 6.04. The monoisotopic (exact) mass is 601 g/mol. The molecular formula is C32H30F3N7O2. The van der Waals surface area contributed by atoms with E-state index in [9.17, 15) is 22.8 Å². The summed E-state index contributed by atoms with van der Waals surface area (Å²) in [4.78, 5) is 41.3. The summed E-state index contributed by atoms with van der Waals surface area (Å²) in [5, 5.41) is 6.35. The highest BCUT2D eigenvalue weighted by atomic mass is 19.4. The predicted molar refractivity (Wildman–Crippen MR) is 164 cm³/mol. The van der Waals surface area contributed by atoms with Crippen molar-refractivity contribution >= 4 is 34.3 Å². The third kappa shape index (κ3) is 6.76. The van der Waals surface area contributed by atoms with Gasteiger partial charge in [-0.25, -0.2) is 9.78 Å². The van der Waals surface area contributed by atoms with E-state index < -0.39 is 23.3 Å². The minimum Gasteiger partial charge on any atom is -0.324 e. The molecule has 0 radical (unpaired) electrons. The van der Waals surface area contributed by atoms with E-state index in [1.165, 1.54) is 16.7 Å². The molecule has 226 valence electrons. The number of amides is 1. The smallest absolute Gasteiger partial charge is 0.324 e. The lowest BCUT2D eigenvalue weighted by Gasteiger charge is -2.16. The van der Waals surface area contributed by atoms with Crippen molar-refractivity contribution < 1.29 is 18.0 Å². The van der Waals surface area contributed by atoms with Crippen LogP contribution < -0.4 is 16.3 Å². The minimum atomic E-state index is -4.58. The molecule has 5 aromatic rings. The summed E-state index contributed by atoms with van der Waals surface area (Å²) in [6.07, 6.45) is -2.10. The standard InChI is InChI=1S/C32H30F3N7O2/c1-19-11-12-25(37-29(43)22-8-6-9-23(16-22)32(33,34)35)17-27(19)42-20(2)26-18-36-30(39-28(26)40-31(42)44)38-24-10-5-7-21(15-24)13-14-41(3)4/h5-12,15-18H,13-14H2,1-4H3,(H,37,43)(H,38,39,40,44). The molecule has 0 unspecified atom stereocenters. The number of benzene rings is 3. The zero-order valence-corrected chi connectivity index (χ0v) is 24.5. The average Bonchev–Trinajstić information content (AvgIpc) is 2.97. The van der Waals surface area contributed by atoms with Gasteiger partial charge in [-0.1, -0.05) is 24.3 Å². The lowest BCUT2D eigenvalue weighted by molar-refractivity contribution is -0.137. The van der Waals surface area contributed by atoms with Crippen LogP contribution in [0.15, 0.2) is 77.7 Å². The van der Waals surface area contributed by atoms with Crippen molar-refractivity contribution in [2.45, 2.75) is 26.4 Å². The zero-order chi connectivity index (χ0) is 31.6. The highest BCUT2D eigenvalue weighted by Crippen LogP contribution is 2.30. The van der Waals surface area contributed by atoms with Crippen molar-refractivity contribution in [2.75, 3.05) is 31.3 Å². The number of nitrogens with zero attached hydrogens (tertiary/aromatic N) is 5. The van der Waals surface area contributed by atoms with E-state index in [2.05, 4.69) is 36.6 Å². The first kappa shape index (κ1) is 30.4. The van der Waals surface area contributed by atoms with E-state index >= 15 is 0 Å². The maximum atomic E-state index is 13.3. The van der Waals surface area contributed by atoms with Crippen LogP contribution in [-0.4, -0.2) is 51.0 Å². The number of anilines is 3. The minimum absolute atomic E-state index is 0.149. The molecule has 5 rings (SSSR count). The van der Waals surface area contributed by atoms with Gasteiger partial charge in [0.05, 0.1) is 16.6 Å². The summed E-state index contributed by atoms with van der Waals surface area (Å²) < 4.78 is 40.8. The fraction of sp³-hybridized carbons (Fsp3) is 0.219. The molecule has 0 bridgehead atoms. The molecule has 0 atom stereocenters. The molecule has 0 fully saturated rings. The zero-order valence-electron chi connectivity index (χ0n) is 24.5. The van der Waals surface area contributed by atoms with Crippen LogP contribution in [0.3, 0.4) is 0 Å². The summed E-state index contributed by atoms with van der Waals surface area (Å²) in [7, 11) is 4.04. The molecule has 2 N–H and O–H groups in total. The molecule has 0 saturated carbocycles. The molecule has 1 amide bonds. The fourth-order valence-electron chi connectivity index (χ4n) is 4.72. The Morgan fingerprint density at radius 3 is 2.48 bits per heavy atom. The SMILES string of the molecule is Cc1ccc(NC(=O)c2cccc(C(F)(F)F)c2)cc1-n1c(C)c2cnc(Nc3cccc(CCN(C)C)c3)nc2nc1=O. The van der Waals surface area contributed by atoms with Gasteiger partial charge >= 0.3 is 11.9 Å². The summed E-state index contributed by atoms with van der Waals surface area (Å²) in [5.41, 5.74) is 2.51. The van der Waals surface area contributed by atoms with Crippen molar-refractivity contribution in [1.29, 1.82) is 0 Å². The highest BCUT2D eigenvalue weighted by Gasteiger charge is 2.31. The van der Waals surface area contributed by atoms with E-state index in [0.717, 1.165) is 36.3 Å². The van der Waals surface area contributed by atoms with Crippen LogP contribution >= 0.6 is 0 Å². The quantitative estimate of drug-likeness (QED) is 0.228. The number of carbonyl (C=O) groups excluding carboxylic acids is 1. The Morgan fingerprint density at radius 2 is 1.73 bits per heavy atom. The predicted octanol–water partition coefficient (Wildman–Crippen LogP) is 5.91. The first-order valence-corrected chi connectivity index (χ1v) is 13.8. The van der Waals surface area contributed by atoms with Crippen molar-refractivity contribution in [3.05, 3.63) is 111 Å². The molecule has 2 aromatic heterocycles. The molecule has 2 heterocycles. The van der Waals surface area contributed by atoms with Gasteiger partial charge in [0.25, 0.3) is 5.91 Å². The van der Waals surface area contributed by atoms with E-state index in [1.54, 1.807) is 38.2 Å². The van der Waals surface area contributed by atoms with Gasteiger partial charge in [0.2, 0.25) is 5.95 Å². The average molecular weight is 602 g/mol. The van der Waals surface area contributed by atoms with Crippen LogP contribution in [0.1, 0.15) is 32.7 Å². The lowest BCUT2D eigenvalue weighted by atomic mass is 10.1. The number of halogens is 3. The van der Waals surface area contributed by atoms with Gasteiger partial charge < -0.3 is 15.5 Å². The molecule has 0 aliphatic carbocycles. The number of carbonyl (C=O) groups is 1. The van der Waals surface area contributed by atoms with Gasteiger partial charge in [-0.05, 0) is 88.0 Å². The third-order valence-corrected chi connectivity index (χ3v) is 7.08. The van der Waals surface area contributed by atoms with Gasteiger partial charge in [-0.3, -0.25) is 9.36 Å². The number of alkyl halides is 3. The second-order valence-corrected chi connectivity index (χ2v) is 10.7. The number of likely N-dealkylation sites (N-methyl/N-ethyl adjacent to an activating group) is 1. The van der Waals surface area contributed by atoms with Gasteiger partial charge in [-0.15, -0.1) is 0 Å². The Morgan fingerprint density at radius 1 is 0.955 bits per heavy atom.